The van der Waals surface area contributed by atoms with E-state index in [1.807, 2.05) is 32.3 Å². The van der Waals surface area contributed by atoms with Gasteiger partial charge in [0.15, 0.2) is 5.82 Å². The van der Waals surface area contributed by atoms with E-state index in [0.717, 1.165) is 65.2 Å². The molecule has 8 rings (SSSR count). The summed E-state index contributed by atoms with van der Waals surface area (Å²) >= 11 is 0. The number of piperazine rings is 1. The molecular formula is C31H33N9. The normalized spacial score (nSPS) is 18.6. The van der Waals surface area contributed by atoms with Gasteiger partial charge in [0, 0.05) is 80.7 Å². The van der Waals surface area contributed by atoms with Gasteiger partial charge in [-0.15, -0.1) is 0 Å². The number of hydrogen-bond donors (Lipinski definition) is 1. The van der Waals surface area contributed by atoms with Crippen molar-refractivity contribution in [2.75, 3.05) is 18.0 Å². The Morgan fingerprint density at radius 2 is 1.80 bits per heavy atom. The summed E-state index contributed by atoms with van der Waals surface area (Å²) in [7, 11) is 2.05. The zero-order valence-corrected chi connectivity index (χ0v) is 23.1. The van der Waals surface area contributed by atoms with Crippen LogP contribution >= 0.6 is 0 Å². The van der Waals surface area contributed by atoms with Crippen molar-refractivity contribution >= 4 is 5.82 Å². The molecule has 0 saturated carbocycles. The van der Waals surface area contributed by atoms with Gasteiger partial charge in [0.05, 0.1) is 22.8 Å². The quantitative estimate of drug-likeness (QED) is 0.334. The number of piperidine rings is 1. The fourth-order valence-electron chi connectivity index (χ4n) is 6.05. The van der Waals surface area contributed by atoms with Gasteiger partial charge < -0.3 is 9.47 Å². The molecule has 0 amide bonds. The Labute approximate surface area is 234 Å². The molecule has 3 fully saturated rings. The molecule has 2 atom stereocenters. The van der Waals surface area contributed by atoms with Crippen LogP contribution in [0.15, 0.2) is 67.1 Å². The fourth-order valence-corrected chi connectivity index (χ4v) is 6.05. The van der Waals surface area contributed by atoms with E-state index in [1.165, 1.54) is 12.0 Å². The average molecular weight is 532 g/mol. The summed E-state index contributed by atoms with van der Waals surface area (Å²) in [5.74, 6) is 1.73. The number of pyridine rings is 2. The number of hydrogen-bond acceptors (Lipinski definition) is 7. The van der Waals surface area contributed by atoms with Gasteiger partial charge in [0.2, 0.25) is 0 Å². The Balaban J connectivity index is 0.994. The van der Waals surface area contributed by atoms with Crippen LogP contribution in [0.1, 0.15) is 34.8 Å². The Hall–Kier alpha value is -4.37. The minimum atomic E-state index is 0.543. The Morgan fingerprint density at radius 1 is 0.925 bits per heavy atom. The Morgan fingerprint density at radius 3 is 2.48 bits per heavy atom. The molecule has 3 aliphatic heterocycles. The smallest absolute Gasteiger partial charge is 0.161 e. The number of anilines is 1. The third kappa shape index (κ3) is 4.77. The zero-order valence-electron chi connectivity index (χ0n) is 23.1. The number of nitrogens with one attached hydrogen (secondary N) is 1. The van der Waals surface area contributed by atoms with Crippen LogP contribution in [0.5, 0.6) is 0 Å². The highest BCUT2D eigenvalue weighted by atomic mass is 15.4. The lowest BCUT2D eigenvalue weighted by molar-refractivity contribution is -0.00874. The van der Waals surface area contributed by atoms with Crippen molar-refractivity contribution in [2.45, 2.75) is 45.3 Å². The molecular weight excluding hydrogens is 498 g/mol. The standard InChI is InChI=1S/C31H33N9/c1-20-11-24(13-25-12-21(2)36-37-25)35-31(34-20)23-7-9-30(33-16-23)39-18-26-14-27(19-39)40(26)17-22-6-8-28(32-15-22)29-5-4-10-38(29)3/h4-12,15-16,26-27H,13-14,17-19H2,1-3H3,(H,36,37). The molecule has 1 N–H and O–H groups in total. The van der Waals surface area contributed by atoms with Crippen molar-refractivity contribution in [1.29, 1.82) is 0 Å². The highest BCUT2D eigenvalue weighted by Crippen LogP contribution is 2.35. The number of nitrogens with zero attached hydrogens (tertiary/aromatic N) is 8. The first kappa shape index (κ1) is 24.7. The summed E-state index contributed by atoms with van der Waals surface area (Å²) in [5.41, 5.74) is 8.28. The van der Waals surface area contributed by atoms with Crippen molar-refractivity contribution in [3.05, 3.63) is 95.5 Å². The molecule has 8 heterocycles. The van der Waals surface area contributed by atoms with Gasteiger partial charge in [-0.05, 0) is 68.3 Å². The SMILES string of the molecule is Cc1cc(Cc2cc(C)[nH]n2)nc(-c2ccc(N3CC4CC(C3)N4Cc3ccc(-c4cccn4C)nc3)nc2)n1. The van der Waals surface area contributed by atoms with Crippen molar-refractivity contribution in [2.24, 2.45) is 7.05 Å². The van der Waals surface area contributed by atoms with Gasteiger partial charge in [-0.2, -0.15) is 5.10 Å². The maximum absolute atomic E-state index is 4.83. The molecule has 0 aromatic carbocycles. The number of aromatic nitrogens is 7. The maximum atomic E-state index is 4.83. The van der Waals surface area contributed by atoms with Crippen molar-refractivity contribution in [3.63, 3.8) is 0 Å². The number of rotatable bonds is 7. The number of H-pyrrole nitrogens is 1. The minimum Gasteiger partial charge on any atom is -0.353 e. The van der Waals surface area contributed by atoms with E-state index < -0.39 is 0 Å². The number of aryl methyl sites for hydroxylation is 3. The second-order valence-corrected chi connectivity index (χ2v) is 11.1. The lowest BCUT2D eigenvalue weighted by atomic mass is 9.87. The second kappa shape index (κ2) is 9.98. The van der Waals surface area contributed by atoms with E-state index in [2.05, 4.69) is 85.3 Å². The molecule has 0 radical (unpaired) electrons. The van der Waals surface area contributed by atoms with Gasteiger partial charge in [0.1, 0.15) is 5.82 Å². The summed E-state index contributed by atoms with van der Waals surface area (Å²) in [6.07, 6.45) is 7.91. The molecule has 5 aromatic heterocycles. The molecule has 0 aliphatic carbocycles. The summed E-state index contributed by atoms with van der Waals surface area (Å²) < 4.78 is 2.10. The van der Waals surface area contributed by atoms with Crippen LogP contribution in [0.25, 0.3) is 22.8 Å². The molecule has 40 heavy (non-hydrogen) atoms. The number of fused-ring (bicyclic) bond motifs is 2. The first-order valence-electron chi connectivity index (χ1n) is 13.9. The highest BCUT2D eigenvalue weighted by molar-refractivity contribution is 5.57. The van der Waals surface area contributed by atoms with E-state index in [9.17, 15) is 0 Å². The zero-order chi connectivity index (χ0) is 27.2. The van der Waals surface area contributed by atoms with E-state index in [4.69, 9.17) is 15.0 Å². The maximum Gasteiger partial charge on any atom is 0.161 e. The summed E-state index contributed by atoms with van der Waals surface area (Å²) in [6.45, 7) is 6.94. The molecule has 2 unspecified atom stereocenters. The largest absolute Gasteiger partial charge is 0.353 e. The first-order chi connectivity index (χ1) is 19.5. The lowest BCUT2D eigenvalue weighted by Crippen LogP contribution is -2.68. The molecule has 3 aliphatic rings. The Kier molecular flexibility index (Phi) is 6.15. The Bertz CT molecular complexity index is 1620. The topological polar surface area (TPSA) is 91.7 Å². The third-order valence-electron chi connectivity index (χ3n) is 8.10. The van der Waals surface area contributed by atoms with Crippen LogP contribution in [0.4, 0.5) is 5.82 Å². The fraction of sp³-hybridized carbons (Fsp3) is 0.323. The third-order valence-corrected chi connectivity index (χ3v) is 8.10. The van der Waals surface area contributed by atoms with Crippen LogP contribution in [-0.4, -0.2) is 64.8 Å². The highest BCUT2D eigenvalue weighted by Gasteiger charge is 2.44. The van der Waals surface area contributed by atoms with E-state index in [1.54, 1.807) is 0 Å². The molecule has 9 nitrogen and oxygen atoms in total. The molecule has 202 valence electrons. The van der Waals surface area contributed by atoms with Gasteiger partial charge >= 0.3 is 0 Å². The van der Waals surface area contributed by atoms with Crippen molar-refractivity contribution < 1.29 is 0 Å². The number of aromatic amines is 1. The van der Waals surface area contributed by atoms with Crippen LogP contribution in [0, 0.1) is 13.8 Å². The van der Waals surface area contributed by atoms with E-state index in [0.29, 0.717) is 24.3 Å². The lowest BCUT2D eigenvalue weighted by Gasteiger charge is -2.56. The van der Waals surface area contributed by atoms with Crippen LogP contribution in [0.3, 0.4) is 0 Å². The minimum absolute atomic E-state index is 0.543. The summed E-state index contributed by atoms with van der Waals surface area (Å²) in [4.78, 5) is 24.1. The van der Waals surface area contributed by atoms with Crippen LogP contribution in [-0.2, 0) is 20.0 Å². The predicted octanol–water partition coefficient (Wildman–Crippen LogP) is 4.33. The predicted molar refractivity (Wildman–Crippen MR) is 155 cm³/mol. The first-order valence-corrected chi connectivity index (χ1v) is 13.9. The van der Waals surface area contributed by atoms with E-state index in [-0.39, 0.29) is 0 Å². The van der Waals surface area contributed by atoms with Gasteiger partial charge in [-0.1, -0.05) is 6.07 Å². The molecule has 0 spiro atoms. The molecule has 5 aromatic rings. The van der Waals surface area contributed by atoms with Crippen LogP contribution in [0.2, 0.25) is 0 Å². The molecule has 9 heteroatoms. The summed E-state index contributed by atoms with van der Waals surface area (Å²) in [6, 6.07) is 17.9. The van der Waals surface area contributed by atoms with Gasteiger partial charge in [0.25, 0.3) is 0 Å². The molecule has 2 bridgehead atoms. The monoisotopic (exact) mass is 531 g/mol. The van der Waals surface area contributed by atoms with Crippen LogP contribution < -0.4 is 4.90 Å². The van der Waals surface area contributed by atoms with Gasteiger partial charge in [-0.3, -0.25) is 15.0 Å². The summed E-state index contributed by atoms with van der Waals surface area (Å²) in [5, 5.41) is 7.35. The van der Waals surface area contributed by atoms with Crippen molar-refractivity contribution in [1.82, 2.24) is 39.6 Å². The van der Waals surface area contributed by atoms with Crippen molar-refractivity contribution in [3.8, 4) is 22.8 Å². The van der Waals surface area contributed by atoms with Gasteiger partial charge in [-0.25, -0.2) is 15.0 Å². The second-order valence-electron chi connectivity index (χ2n) is 11.1. The van der Waals surface area contributed by atoms with E-state index >= 15 is 0 Å². The molecule has 3 saturated heterocycles. The average Bonchev–Trinajstić information content (AvgIpc) is 3.59.